The maximum absolute atomic E-state index is 13.4. The first-order valence-electron chi connectivity index (χ1n) is 11.4. The number of ether oxygens (including phenoxy) is 1. The first-order chi connectivity index (χ1) is 17.9. The van der Waals surface area contributed by atoms with E-state index in [0.717, 1.165) is 12.1 Å². The zero-order chi connectivity index (χ0) is 27.9. The molecule has 0 saturated heterocycles. The second-order valence-corrected chi connectivity index (χ2v) is 10.8. The number of amides is 1. The lowest BCUT2D eigenvalue weighted by Gasteiger charge is -2.24. The molecule has 0 heterocycles. The predicted octanol–water partition coefficient (Wildman–Crippen LogP) is 5.74. The highest BCUT2D eigenvalue weighted by Crippen LogP contribution is 2.38. The number of hydrazone groups is 1. The van der Waals surface area contributed by atoms with Crippen molar-refractivity contribution in [3.63, 3.8) is 0 Å². The van der Waals surface area contributed by atoms with Crippen molar-refractivity contribution in [3.8, 4) is 5.75 Å². The van der Waals surface area contributed by atoms with Crippen LogP contribution in [0.2, 0.25) is 5.02 Å². The zero-order valence-corrected chi connectivity index (χ0v) is 22.0. The summed E-state index contributed by atoms with van der Waals surface area (Å²) in [6.45, 7) is 3.77. The highest BCUT2D eigenvalue weighted by molar-refractivity contribution is 7.92. The van der Waals surface area contributed by atoms with Crippen LogP contribution < -0.4 is 14.5 Å². The highest BCUT2D eigenvalue weighted by Gasteiger charge is 2.35. The number of rotatable bonds is 10. The van der Waals surface area contributed by atoms with Gasteiger partial charge in [0, 0.05) is 0 Å². The molecular weight excluding hydrogens is 543 g/mol. The van der Waals surface area contributed by atoms with Gasteiger partial charge in [-0.05, 0) is 66.1 Å². The van der Waals surface area contributed by atoms with Gasteiger partial charge >= 0.3 is 6.18 Å². The maximum Gasteiger partial charge on any atom is 0.417 e. The number of anilines is 1. The molecule has 0 atom stereocenters. The van der Waals surface area contributed by atoms with Gasteiger partial charge in [0.2, 0.25) is 0 Å². The molecule has 1 N–H and O–H groups in total. The fourth-order valence-electron chi connectivity index (χ4n) is 3.18. The number of nitrogens with one attached hydrogen (secondary N) is 1. The molecule has 0 aromatic heterocycles. The minimum atomic E-state index is -4.84. The average molecular weight is 568 g/mol. The first-order valence-corrected chi connectivity index (χ1v) is 13.2. The number of alkyl halides is 3. The van der Waals surface area contributed by atoms with Gasteiger partial charge in [-0.15, -0.1) is 0 Å². The van der Waals surface area contributed by atoms with E-state index in [4.69, 9.17) is 16.3 Å². The van der Waals surface area contributed by atoms with Crippen LogP contribution in [-0.4, -0.2) is 33.7 Å². The third kappa shape index (κ3) is 7.72. The molecule has 3 aromatic carbocycles. The average Bonchev–Trinajstić information content (AvgIpc) is 2.87. The van der Waals surface area contributed by atoms with Crippen molar-refractivity contribution < 1.29 is 31.1 Å². The molecule has 7 nitrogen and oxygen atoms in total. The van der Waals surface area contributed by atoms with E-state index >= 15 is 0 Å². The Kier molecular flexibility index (Phi) is 9.40. The summed E-state index contributed by atoms with van der Waals surface area (Å²) >= 11 is 5.70. The molecule has 0 aliphatic carbocycles. The number of halogens is 4. The maximum atomic E-state index is 13.4. The molecule has 0 radical (unpaired) electrons. The van der Waals surface area contributed by atoms with Gasteiger partial charge in [-0.2, -0.15) is 18.3 Å². The van der Waals surface area contributed by atoms with E-state index in [9.17, 15) is 26.4 Å². The first kappa shape index (κ1) is 29.0. The molecule has 3 aromatic rings. The van der Waals surface area contributed by atoms with Crippen LogP contribution >= 0.6 is 11.6 Å². The normalized spacial score (nSPS) is 12.1. The van der Waals surface area contributed by atoms with Crippen molar-refractivity contribution in [2.75, 3.05) is 17.5 Å². The molecule has 0 fully saturated rings. The van der Waals surface area contributed by atoms with Crippen LogP contribution in [0.1, 0.15) is 25.0 Å². The number of sulfonamides is 1. The van der Waals surface area contributed by atoms with E-state index in [0.29, 0.717) is 34.2 Å². The van der Waals surface area contributed by atoms with Gasteiger partial charge in [0.05, 0.1) is 34.0 Å². The predicted molar refractivity (Wildman–Crippen MR) is 140 cm³/mol. The van der Waals surface area contributed by atoms with E-state index in [1.165, 1.54) is 30.5 Å². The molecule has 0 bridgehead atoms. The van der Waals surface area contributed by atoms with Gasteiger partial charge in [0.15, 0.2) is 0 Å². The number of nitrogens with zero attached hydrogens (tertiary/aromatic N) is 2. The quantitative estimate of drug-likeness (QED) is 0.250. The molecule has 38 heavy (non-hydrogen) atoms. The molecule has 3 rings (SSSR count). The Morgan fingerprint density at radius 1 is 1.08 bits per heavy atom. The summed E-state index contributed by atoms with van der Waals surface area (Å²) in [6, 6.07) is 16.5. The lowest BCUT2D eigenvalue weighted by molar-refractivity contribution is -0.137. The standard InChI is InChI=1S/C26H25ClF3N3O4S/c1-18(2)17-37-21-11-8-19(9-12-21)15-31-32-25(34)16-33(38(35,36)22-6-4-3-5-7-22)20-10-13-24(27)23(14-20)26(28,29)30/h3-15,18H,16-17H2,1-2H3,(H,32,34)/b31-15+. The molecule has 0 aliphatic heterocycles. The topological polar surface area (TPSA) is 88.1 Å². The summed E-state index contributed by atoms with van der Waals surface area (Å²) in [6.07, 6.45) is -3.50. The summed E-state index contributed by atoms with van der Waals surface area (Å²) in [7, 11) is -4.42. The number of carbonyl (C=O) groups is 1. The van der Waals surface area contributed by atoms with Crippen molar-refractivity contribution in [1.82, 2.24) is 5.43 Å². The third-order valence-electron chi connectivity index (χ3n) is 5.03. The van der Waals surface area contributed by atoms with Crippen LogP contribution in [0.4, 0.5) is 18.9 Å². The number of hydrogen-bond donors (Lipinski definition) is 1. The van der Waals surface area contributed by atoms with Crippen LogP contribution in [0.25, 0.3) is 0 Å². The van der Waals surface area contributed by atoms with Crippen molar-refractivity contribution in [3.05, 3.63) is 88.9 Å². The molecule has 1 amide bonds. The Morgan fingerprint density at radius 3 is 2.34 bits per heavy atom. The van der Waals surface area contributed by atoms with Gasteiger partial charge in [-0.25, -0.2) is 13.8 Å². The molecular formula is C26H25ClF3N3O4S. The Bertz CT molecular complexity index is 1380. The Morgan fingerprint density at radius 2 is 1.74 bits per heavy atom. The summed E-state index contributed by atoms with van der Waals surface area (Å²) < 4.78 is 73.1. The van der Waals surface area contributed by atoms with Crippen LogP contribution in [0, 0.1) is 5.92 Å². The lowest BCUT2D eigenvalue weighted by Crippen LogP contribution is -2.39. The SMILES string of the molecule is CC(C)COc1ccc(/C=N/NC(=O)CN(c2ccc(Cl)c(C(F)(F)F)c2)S(=O)(=O)c2ccccc2)cc1. The van der Waals surface area contributed by atoms with Gasteiger partial charge < -0.3 is 4.74 Å². The van der Waals surface area contributed by atoms with Crippen molar-refractivity contribution >= 4 is 39.4 Å². The number of benzene rings is 3. The van der Waals surface area contributed by atoms with Crippen LogP contribution in [0.15, 0.2) is 82.8 Å². The summed E-state index contributed by atoms with van der Waals surface area (Å²) in [5.41, 5.74) is 1.22. The Labute approximate surface area is 223 Å². The van der Waals surface area contributed by atoms with Gasteiger partial charge in [0.1, 0.15) is 12.3 Å². The zero-order valence-electron chi connectivity index (χ0n) is 20.4. The molecule has 0 unspecified atom stereocenters. The van der Waals surface area contributed by atoms with Gasteiger partial charge in [-0.3, -0.25) is 9.10 Å². The Balaban J connectivity index is 1.82. The second kappa shape index (κ2) is 12.3. The van der Waals surface area contributed by atoms with E-state index in [-0.39, 0.29) is 10.6 Å². The van der Waals surface area contributed by atoms with Crippen LogP contribution in [0.5, 0.6) is 5.75 Å². The fourth-order valence-corrected chi connectivity index (χ4v) is 4.84. The molecule has 202 valence electrons. The number of hydrogen-bond acceptors (Lipinski definition) is 5. The van der Waals surface area contributed by atoms with E-state index < -0.39 is 39.2 Å². The number of carbonyl (C=O) groups excluding carboxylic acids is 1. The van der Waals surface area contributed by atoms with Crippen LogP contribution in [0.3, 0.4) is 0 Å². The molecule has 12 heteroatoms. The van der Waals surface area contributed by atoms with E-state index in [1.54, 1.807) is 30.3 Å². The molecule has 0 aliphatic rings. The summed E-state index contributed by atoms with van der Waals surface area (Å²) in [5, 5.41) is 3.23. The summed E-state index contributed by atoms with van der Waals surface area (Å²) in [4.78, 5) is 12.4. The minimum absolute atomic E-state index is 0.209. The highest BCUT2D eigenvalue weighted by atomic mass is 35.5. The lowest BCUT2D eigenvalue weighted by atomic mass is 10.2. The molecule has 0 spiro atoms. The largest absolute Gasteiger partial charge is 0.493 e. The second-order valence-electron chi connectivity index (χ2n) is 8.55. The van der Waals surface area contributed by atoms with Gasteiger partial charge in [-0.1, -0.05) is 43.6 Å². The smallest absolute Gasteiger partial charge is 0.417 e. The van der Waals surface area contributed by atoms with Crippen molar-refractivity contribution in [2.24, 2.45) is 11.0 Å². The fraction of sp³-hybridized carbons (Fsp3) is 0.231. The monoisotopic (exact) mass is 567 g/mol. The van der Waals surface area contributed by atoms with Crippen molar-refractivity contribution in [2.45, 2.75) is 24.9 Å². The van der Waals surface area contributed by atoms with Gasteiger partial charge in [0.25, 0.3) is 15.9 Å². The van der Waals surface area contributed by atoms with E-state index in [1.807, 2.05) is 13.8 Å². The third-order valence-corrected chi connectivity index (χ3v) is 7.15. The molecule has 0 saturated carbocycles. The van der Waals surface area contributed by atoms with Crippen molar-refractivity contribution in [1.29, 1.82) is 0 Å². The van der Waals surface area contributed by atoms with E-state index in [2.05, 4.69) is 10.5 Å². The Hall–Kier alpha value is -3.57. The summed E-state index contributed by atoms with van der Waals surface area (Å²) in [5.74, 6) is 0.161. The van der Waals surface area contributed by atoms with Crippen LogP contribution in [-0.2, 0) is 21.0 Å². The minimum Gasteiger partial charge on any atom is -0.493 e.